The van der Waals surface area contributed by atoms with E-state index in [0.717, 1.165) is 6.08 Å². The van der Waals surface area contributed by atoms with Gasteiger partial charge in [0.2, 0.25) is 0 Å². The summed E-state index contributed by atoms with van der Waals surface area (Å²) in [7, 11) is 0. The van der Waals surface area contributed by atoms with Crippen molar-refractivity contribution in [1.82, 2.24) is 0 Å². The van der Waals surface area contributed by atoms with Crippen LogP contribution in [0.5, 0.6) is 0 Å². The molecule has 0 fully saturated rings. The van der Waals surface area contributed by atoms with Crippen LogP contribution in [-0.4, -0.2) is 29.9 Å². The Balaban J connectivity index is 0.000000399. The number of carboxylic acids is 1. The SMILES string of the molecule is C=CC(=O)O.[CH3][Sb]([c]1ccccc1)([c]1ccccc1)[c]1ccccc1. The molecule has 1 N–H and O–H groups in total. The second-order valence-corrected chi connectivity index (χ2v) is 15.7. The van der Waals surface area contributed by atoms with Gasteiger partial charge in [-0.1, -0.05) is 6.58 Å². The summed E-state index contributed by atoms with van der Waals surface area (Å²) in [6.45, 7) is 2.96. The summed E-state index contributed by atoms with van der Waals surface area (Å²) in [6, 6.07) is 33.1. The number of rotatable bonds is 4. The number of carbonyl (C=O) groups is 1. The predicted molar refractivity (Wildman–Crippen MR) is 108 cm³/mol. The number of hydrogen-bond donors (Lipinski definition) is 1. The van der Waals surface area contributed by atoms with Gasteiger partial charge in [0.05, 0.1) is 0 Å². The van der Waals surface area contributed by atoms with Crippen molar-refractivity contribution in [2.75, 3.05) is 0 Å². The number of aliphatic carboxylic acids is 1. The third-order valence-corrected chi connectivity index (χ3v) is 15.4. The van der Waals surface area contributed by atoms with Crippen LogP contribution in [0.1, 0.15) is 0 Å². The number of hydrogen-bond acceptors (Lipinski definition) is 1. The Labute approximate surface area is 153 Å². The van der Waals surface area contributed by atoms with Gasteiger partial charge in [0.1, 0.15) is 0 Å². The molecule has 3 rings (SSSR count). The summed E-state index contributed by atoms with van der Waals surface area (Å²) in [5, 5.41) is 7.60. The molecule has 3 heteroatoms. The molecule has 0 aliphatic carbocycles. The van der Waals surface area contributed by atoms with Gasteiger partial charge in [-0.25, -0.2) is 4.79 Å². The predicted octanol–water partition coefficient (Wildman–Crippen LogP) is 3.04. The van der Waals surface area contributed by atoms with Gasteiger partial charge < -0.3 is 5.11 Å². The minimum absolute atomic E-state index is 0.833. The van der Waals surface area contributed by atoms with Crippen LogP contribution >= 0.6 is 0 Å². The van der Waals surface area contributed by atoms with Crippen LogP contribution in [0.15, 0.2) is 104 Å². The molecule has 127 valence electrons. The molecule has 0 amide bonds. The van der Waals surface area contributed by atoms with E-state index >= 15 is 0 Å². The third-order valence-electron chi connectivity index (χ3n) is 3.99. The average molecular weight is 440 g/mol. The molecular formula is C22H22O2Sb. The van der Waals surface area contributed by atoms with E-state index in [1.54, 1.807) is 0 Å². The second-order valence-electron chi connectivity index (χ2n) is 5.56. The van der Waals surface area contributed by atoms with Crippen molar-refractivity contribution in [3.63, 3.8) is 0 Å². The molecule has 1 radical (unpaired) electrons. The van der Waals surface area contributed by atoms with Crippen molar-refractivity contribution >= 4 is 35.3 Å². The van der Waals surface area contributed by atoms with E-state index < -0.39 is 24.8 Å². The fourth-order valence-corrected chi connectivity index (χ4v) is 11.8. The van der Waals surface area contributed by atoms with Crippen molar-refractivity contribution in [3.05, 3.63) is 104 Å². The van der Waals surface area contributed by atoms with Gasteiger partial charge >= 0.3 is 131 Å². The zero-order valence-corrected chi connectivity index (χ0v) is 16.8. The summed E-state index contributed by atoms with van der Waals surface area (Å²) in [5.74, 6) is -0.981. The van der Waals surface area contributed by atoms with Crippen LogP contribution in [0.2, 0.25) is 4.87 Å². The van der Waals surface area contributed by atoms with E-state index in [1.165, 1.54) is 10.5 Å². The fourth-order valence-electron chi connectivity index (χ4n) is 2.63. The molecule has 3 aromatic rings. The quantitative estimate of drug-likeness (QED) is 0.501. The summed E-state index contributed by atoms with van der Waals surface area (Å²) < 4.78 is 4.55. The van der Waals surface area contributed by atoms with Crippen LogP contribution in [0, 0.1) is 0 Å². The third kappa shape index (κ3) is 4.84. The van der Waals surface area contributed by atoms with Gasteiger partial charge in [-0.3, -0.25) is 0 Å². The van der Waals surface area contributed by atoms with Crippen molar-refractivity contribution < 1.29 is 9.90 Å². The Bertz CT molecular complexity index is 703. The Morgan fingerprint density at radius 1 is 0.760 bits per heavy atom. The molecule has 0 unspecified atom stereocenters. The topological polar surface area (TPSA) is 37.3 Å². The van der Waals surface area contributed by atoms with Gasteiger partial charge in [0, 0.05) is 6.08 Å². The minimum atomic E-state index is -2.65. The average Bonchev–Trinajstić information content (AvgIpc) is 2.70. The first-order valence-corrected chi connectivity index (χ1v) is 14.4. The molecule has 0 saturated heterocycles. The summed E-state index contributed by atoms with van der Waals surface area (Å²) in [6.07, 6.45) is 0.833. The van der Waals surface area contributed by atoms with Gasteiger partial charge in [-0.2, -0.15) is 0 Å². The van der Waals surface area contributed by atoms with E-state index in [9.17, 15) is 4.79 Å². The van der Waals surface area contributed by atoms with Gasteiger partial charge in [0.25, 0.3) is 0 Å². The molecule has 0 aliphatic rings. The van der Waals surface area contributed by atoms with Crippen LogP contribution in [0.3, 0.4) is 0 Å². The maximum absolute atomic E-state index is 9.25. The van der Waals surface area contributed by atoms with E-state index in [4.69, 9.17) is 5.11 Å². The van der Waals surface area contributed by atoms with Crippen LogP contribution in [-0.2, 0) is 4.79 Å². The Morgan fingerprint density at radius 3 is 1.20 bits per heavy atom. The van der Waals surface area contributed by atoms with Crippen molar-refractivity contribution in [2.24, 2.45) is 0 Å². The summed E-state index contributed by atoms with van der Waals surface area (Å²) >= 11 is -2.65. The van der Waals surface area contributed by atoms with Crippen molar-refractivity contribution in [1.29, 1.82) is 0 Å². The van der Waals surface area contributed by atoms with Crippen molar-refractivity contribution in [2.45, 2.75) is 4.87 Å². The Hall–Kier alpha value is -2.31. The van der Waals surface area contributed by atoms with Crippen LogP contribution in [0.4, 0.5) is 0 Å². The van der Waals surface area contributed by atoms with E-state index in [0.29, 0.717) is 0 Å². The number of benzene rings is 3. The molecule has 25 heavy (non-hydrogen) atoms. The maximum atomic E-state index is 9.25. The first-order chi connectivity index (χ1) is 12.1. The fraction of sp³-hybridized carbons (Fsp3) is 0.0455. The first kappa shape index (κ1) is 19.0. The molecule has 2 nitrogen and oxygen atoms in total. The molecule has 0 heterocycles. The molecule has 0 atom stereocenters. The first-order valence-electron chi connectivity index (χ1n) is 7.97. The van der Waals surface area contributed by atoms with Crippen molar-refractivity contribution in [3.8, 4) is 0 Å². The number of carboxylic acid groups (broad SMARTS) is 1. The summed E-state index contributed by atoms with van der Waals surface area (Å²) in [4.78, 5) is 11.7. The van der Waals surface area contributed by atoms with E-state index in [-0.39, 0.29) is 0 Å². The second kappa shape index (κ2) is 9.24. The van der Waals surface area contributed by atoms with Gasteiger partial charge in [-0.15, -0.1) is 0 Å². The summed E-state index contributed by atoms with van der Waals surface area (Å²) in [5.41, 5.74) is 0. The molecule has 0 aromatic heterocycles. The van der Waals surface area contributed by atoms with E-state index in [1.807, 2.05) is 0 Å². The molecule has 3 aromatic carbocycles. The monoisotopic (exact) mass is 439 g/mol. The molecule has 0 aliphatic heterocycles. The van der Waals surface area contributed by atoms with E-state index in [2.05, 4.69) is 102 Å². The zero-order valence-electron chi connectivity index (χ0n) is 14.2. The van der Waals surface area contributed by atoms with Crippen LogP contribution < -0.4 is 10.5 Å². The zero-order chi connectivity index (χ0) is 18.1. The van der Waals surface area contributed by atoms with Gasteiger partial charge in [-0.05, 0) is 0 Å². The molecule has 0 spiro atoms. The van der Waals surface area contributed by atoms with Gasteiger partial charge in [0.15, 0.2) is 0 Å². The van der Waals surface area contributed by atoms with Crippen LogP contribution in [0.25, 0.3) is 0 Å². The standard InChI is InChI=1S/3C6H5.C3H4O2.CH3.Sb/c3*1-2-4-6-5-3-1;1-2-3(4)5;;/h3*1-5H;2H,1H2,(H,4,5);1H3;. The molecule has 0 bridgehead atoms. The Morgan fingerprint density at radius 2 is 1.00 bits per heavy atom. The normalized spacial score (nSPS) is 10.3. The molecular weight excluding hydrogens is 418 g/mol. The Kier molecular flexibility index (Phi) is 7.03. The molecule has 0 saturated carbocycles.